The predicted molar refractivity (Wildman–Crippen MR) is 74.8 cm³/mol. The van der Waals surface area contributed by atoms with Crippen LogP contribution >= 0.6 is 0 Å². The number of aryl methyl sites for hydroxylation is 1. The van der Waals surface area contributed by atoms with Crippen LogP contribution in [0.4, 0.5) is 0 Å². The topological polar surface area (TPSA) is 54.8 Å². The van der Waals surface area contributed by atoms with Crippen LogP contribution in [-0.4, -0.2) is 40.2 Å². The Balaban J connectivity index is 1.39. The molecule has 2 fully saturated rings. The Bertz CT molecular complexity index is 358. The van der Waals surface area contributed by atoms with Gasteiger partial charge in [0.25, 0.3) is 0 Å². The molecule has 1 aromatic rings. The van der Waals surface area contributed by atoms with Gasteiger partial charge in [0, 0.05) is 24.8 Å². The summed E-state index contributed by atoms with van der Waals surface area (Å²) in [6, 6.07) is 1.50. The average Bonchev–Trinajstić information content (AvgIpc) is 3.15. The number of rotatable bonds is 6. The molecule has 1 saturated heterocycles. The van der Waals surface area contributed by atoms with E-state index in [0.29, 0.717) is 0 Å². The number of hydrogen-bond acceptors (Lipinski definition) is 4. The van der Waals surface area contributed by atoms with E-state index >= 15 is 0 Å². The lowest BCUT2D eigenvalue weighted by Gasteiger charge is -2.26. The molecule has 3 rings (SSSR count). The highest BCUT2D eigenvalue weighted by atomic mass is 15.4. The standard InChI is InChI=1S/C14H25N5/c1-4-12(14-6-2-7-15-14)13(5-1)16-8-3-10-19-11-9-17-18-19/h9,11-16H,1-8,10H2. The van der Waals surface area contributed by atoms with Crippen LogP contribution in [0.1, 0.15) is 38.5 Å². The minimum Gasteiger partial charge on any atom is -0.314 e. The van der Waals surface area contributed by atoms with Crippen molar-refractivity contribution >= 4 is 0 Å². The number of nitrogens with zero attached hydrogens (tertiary/aromatic N) is 3. The largest absolute Gasteiger partial charge is 0.314 e. The van der Waals surface area contributed by atoms with Crippen molar-refractivity contribution in [1.29, 1.82) is 0 Å². The molecule has 2 N–H and O–H groups in total. The van der Waals surface area contributed by atoms with E-state index in [1.54, 1.807) is 6.20 Å². The molecule has 0 aromatic carbocycles. The Labute approximate surface area is 115 Å². The summed E-state index contributed by atoms with van der Waals surface area (Å²) < 4.78 is 1.91. The number of nitrogens with one attached hydrogen (secondary N) is 2. The van der Waals surface area contributed by atoms with Gasteiger partial charge in [-0.25, -0.2) is 0 Å². The van der Waals surface area contributed by atoms with Gasteiger partial charge in [0.2, 0.25) is 0 Å². The van der Waals surface area contributed by atoms with Crippen LogP contribution in [0.25, 0.3) is 0 Å². The molecule has 19 heavy (non-hydrogen) atoms. The van der Waals surface area contributed by atoms with E-state index in [4.69, 9.17) is 0 Å². The summed E-state index contributed by atoms with van der Waals surface area (Å²) in [4.78, 5) is 0. The third kappa shape index (κ3) is 3.34. The maximum atomic E-state index is 3.99. The van der Waals surface area contributed by atoms with Crippen molar-refractivity contribution in [2.75, 3.05) is 13.1 Å². The van der Waals surface area contributed by atoms with Crippen LogP contribution < -0.4 is 10.6 Å². The smallest absolute Gasteiger partial charge is 0.0692 e. The second-order valence-electron chi connectivity index (χ2n) is 5.88. The van der Waals surface area contributed by atoms with Crippen LogP contribution in [0.2, 0.25) is 0 Å². The summed E-state index contributed by atoms with van der Waals surface area (Å²) in [6.07, 6.45) is 11.7. The lowest BCUT2D eigenvalue weighted by Crippen LogP contribution is -2.42. The minimum absolute atomic E-state index is 0.728. The molecule has 2 aliphatic rings. The first-order valence-electron chi connectivity index (χ1n) is 7.74. The monoisotopic (exact) mass is 263 g/mol. The SMILES string of the molecule is c1cn(CCCNC2CCCC2C2CCCN2)nn1. The fraction of sp³-hybridized carbons (Fsp3) is 0.857. The molecular formula is C14H25N5. The molecular weight excluding hydrogens is 238 g/mol. The van der Waals surface area contributed by atoms with Gasteiger partial charge in [-0.15, -0.1) is 5.10 Å². The van der Waals surface area contributed by atoms with E-state index < -0.39 is 0 Å². The minimum atomic E-state index is 0.728. The van der Waals surface area contributed by atoms with Gasteiger partial charge in [-0.05, 0) is 51.1 Å². The third-order valence-electron chi connectivity index (χ3n) is 4.63. The Morgan fingerprint density at radius 2 is 2.26 bits per heavy atom. The molecule has 0 spiro atoms. The average molecular weight is 263 g/mol. The zero-order chi connectivity index (χ0) is 12.9. The first kappa shape index (κ1) is 13.1. The van der Waals surface area contributed by atoms with Crippen molar-refractivity contribution in [1.82, 2.24) is 25.6 Å². The van der Waals surface area contributed by atoms with Crippen LogP contribution in [0, 0.1) is 5.92 Å². The van der Waals surface area contributed by atoms with Gasteiger partial charge in [-0.3, -0.25) is 4.68 Å². The zero-order valence-electron chi connectivity index (χ0n) is 11.6. The molecule has 5 nitrogen and oxygen atoms in total. The maximum absolute atomic E-state index is 3.99. The Morgan fingerprint density at radius 3 is 3.05 bits per heavy atom. The summed E-state index contributed by atoms with van der Waals surface area (Å²) in [7, 11) is 0. The highest BCUT2D eigenvalue weighted by Crippen LogP contribution is 2.31. The second kappa shape index (κ2) is 6.48. The summed E-state index contributed by atoms with van der Waals surface area (Å²) in [5.41, 5.74) is 0. The summed E-state index contributed by atoms with van der Waals surface area (Å²) >= 11 is 0. The highest BCUT2D eigenvalue weighted by molar-refractivity contribution is 4.93. The van der Waals surface area contributed by atoms with E-state index in [0.717, 1.165) is 37.5 Å². The van der Waals surface area contributed by atoms with Crippen molar-refractivity contribution in [2.24, 2.45) is 5.92 Å². The highest BCUT2D eigenvalue weighted by Gasteiger charge is 2.34. The quantitative estimate of drug-likeness (QED) is 0.757. The van der Waals surface area contributed by atoms with E-state index in [-0.39, 0.29) is 0 Å². The van der Waals surface area contributed by atoms with Gasteiger partial charge in [0.15, 0.2) is 0 Å². The van der Waals surface area contributed by atoms with Gasteiger partial charge in [0.1, 0.15) is 0 Å². The Hall–Kier alpha value is -0.940. The van der Waals surface area contributed by atoms with Gasteiger partial charge >= 0.3 is 0 Å². The van der Waals surface area contributed by atoms with Crippen LogP contribution in [0.3, 0.4) is 0 Å². The second-order valence-corrected chi connectivity index (χ2v) is 5.88. The maximum Gasteiger partial charge on any atom is 0.0692 e. The zero-order valence-corrected chi connectivity index (χ0v) is 11.6. The fourth-order valence-corrected chi connectivity index (χ4v) is 3.68. The normalized spacial score (nSPS) is 31.1. The number of hydrogen-bond donors (Lipinski definition) is 2. The number of aromatic nitrogens is 3. The van der Waals surface area contributed by atoms with Crippen LogP contribution in [-0.2, 0) is 6.54 Å². The fourth-order valence-electron chi connectivity index (χ4n) is 3.68. The molecule has 0 radical (unpaired) electrons. The first-order valence-corrected chi connectivity index (χ1v) is 7.74. The Morgan fingerprint density at radius 1 is 1.26 bits per heavy atom. The molecule has 106 valence electrons. The van der Waals surface area contributed by atoms with Gasteiger partial charge in [-0.2, -0.15) is 0 Å². The molecule has 3 unspecified atom stereocenters. The molecule has 0 amide bonds. The van der Waals surface area contributed by atoms with E-state index in [9.17, 15) is 0 Å². The molecule has 0 bridgehead atoms. The van der Waals surface area contributed by atoms with E-state index in [2.05, 4.69) is 20.9 Å². The Kier molecular flexibility index (Phi) is 4.45. The van der Waals surface area contributed by atoms with Crippen molar-refractivity contribution < 1.29 is 0 Å². The van der Waals surface area contributed by atoms with Gasteiger partial charge in [-0.1, -0.05) is 11.6 Å². The summed E-state index contributed by atoms with van der Waals surface area (Å²) in [6.45, 7) is 3.28. The molecule has 1 saturated carbocycles. The third-order valence-corrected chi connectivity index (χ3v) is 4.63. The molecule has 5 heteroatoms. The summed E-state index contributed by atoms with van der Waals surface area (Å²) in [5.74, 6) is 0.855. The van der Waals surface area contributed by atoms with Crippen molar-refractivity contribution in [3.8, 4) is 0 Å². The summed E-state index contributed by atoms with van der Waals surface area (Å²) in [5, 5.41) is 15.3. The van der Waals surface area contributed by atoms with Crippen molar-refractivity contribution in [3.05, 3.63) is 12.4 Å². The van der Waals surface area contributed by atoms with Crippen LogP contribution in [0.15, 0.2) is 12.4 Å². The predicted octanol–water partition coefficient (Wildman–Crippen LogP) is 1.18. The lowest BCUT2D eigenvalue weighted by atomic mass is 9.93. The van der Waals surface area contributed by atoms with Gasteiger partial charge in [0.05, 0.1) is 6.20 Å². The molecule has 1 aliphatic carbocycles. The van der Waals surface area contributed by atoms with Gasteiger partial charge < -0.3 is 10.6 Å². The van der Waals surface area contributed by atoms with Crippen molar-refractivity contribution in [2.45, 2.75) is 57.2 Å². The van der Waals surface area contributed by atoms with Crippen molar-refractivity contribution in [3.63, 3.8) is 0 Å². The molecule has 1 aromatic heterocycles. The molecule has 1 aliphatic heterocycles. The van der Waals surface area contributed by atoms with Crippen LogP contribution in [0.5, 0.6) is 0 Å². The van der Waals surface area contributed by atoms with E-state index in [1.165, 1.54) is 38.6 Å². The molecule has 2 heterocycles. The lowest BCUT2D eigenvalue weighted by molar-refractivity contribution is 0.318. The molecule has 3 atom stereocenters. The first-order chi connectivity index (χ1) is 9.43. The van der Waals surface area contributed by atoms with E-state index in [1.807, 2.05) is 10.9 Å².